The average Bonchev–Trinajstić information content (AvgIpc) is 3.41. The van der Waals surface area contributed by atoms with Gasteiger partial charge in [0.2, 0.25) is 0 Å². The van der Waals surface area contributed by atoms with Gasteiger partial charge in [0.05, 0.1) is 16.8 Å². The number of hydrogen-bond donors (Lipinski definition) is 0. The number of furan rings is 1. The lowest BCUT2D eigenvalue weighted by Crippen LogP contribution is -1.99. The number of aromatic nitrogens is 1. The van der Waals surface area contributed by atoms with Crippen LogP contribution < -0.4 is 0 Å². The number of hydrogen-bond acceptors (Lipinski definition) is 3. The van der Waals surface area contributed by atoms with Gasteiger partial charge in [0.25, 0.3) is 0 Å². The molecule has 0 spiro atoms. The zero-order chi connectivity index (χ0) is 22.0. The summed E-state index contributed by atoms with van der Waals surface area (Å²) in [6.45, 7) is 2.06. The third-order valence-corrected chi connectivity index (χ3v) is 6.25. The quantitative estimate of drug-likeness (QED) is 0.248. The number of Topliss-reactive ketones (excluding diaryl/α,β-unsaturated/α-hetero) is 2. The molecule has 0 atom stereocenters. The third kappa shape index (κ3) is 2.70. The Labute approximate surface area is 184 Å². The number of fused-ring (bicyclic) bond motifs is 3. The van der Waals surface area contributed by atoms with Crippen LogP contribution in [0.2, 0.25) is 0 Å². The van der Waals surface area contributed by atoms with Gasteiger partial charge in [-0.15, -0.1) is 0 Å². The van der Waals surface area contributed by atoms with E-state index in [0.717, 1.165) is 33.1 Å². The number of nitrogens with zero attached hydrogens (tertiary/aromatic N) is 1. The Kier molecular flexibility index (Phi) is 3.87. The summed E-state index contributed by atoms with van der Waals surface area (Å²) in [7, 11) is 1.98. The van der Waals surface area contributed by atoms with Gasteiger partial charge >= 0.3 is 0 Å². The fraction of sp³-hybridized carbons (Fsp3) is 0.0714. The first-order chi connectivity index (χ1) is 15.5. The number of benzene rings is 3. The predicted octanol–water partition coefficient (Wildman–Crippen LogP) is 6.36. The van der Waals surface area contributed by atoms with E-state index in [0.29, 0.717) is 16.9 Å². The van der Waals surface area contributed by atoms with Gasteiger partial charge in [-0.05, 0) is 41.5 Å². The van der Waals surface area contributed by atoms with Crippen LogP contribution in [0.15, 0.2) is 82.8 Å². The first-order valence-electron chi connectivity index (χ1n) is 10.5. The number of aryl methyl sites for hydroxylation is 2. The Hall–Kier alpha value is -4.18. The monoisotopic (exact) mass is 417 g/mol. The molecule has 1 aliphatic carbocycles. The molecule has 154 valence electrons. The molecule has 0 bridgehead atoms. The van der Waals surface area contributed by atoms with Gasteiger partial charge in [0.1, 0.15) is 5.76 Å². The van der Waals surface area contributed by atoms with Crippen LogP contribution >= 0.6 is 0 Å². The van der Waals surface area contributed by atoms with Crippen LogP contribution in [0.4, 0.5) is 0 Å². The van der Waals surface area contributed by atoms with E-state index in [1.807, 2.05) is 43.4 Å². The van der Waals surface area contributed by atoms with Crippen molar-refractivity contribution in [3.63, 3.8) is 0 Å². The molecular weight excluding hydrogens is 398 g/mol. The van der Waals surface area contributed by atoms with Crippen molar-refractivity contribution < 1.29 is 14.0 Å². The fourth-order valence-corrected chi connectivity index (χ4v) is 4.49. The summed E-state index contributed by atoms with van der Waals surface area (Å²) in [5.74, 6) is -0.0109. The highest BCUT2D eigenvalue weighted by Crippen LogP contribution is 2.34. The van der Waals surface area contributed by atoms with Crippen molar-refractivity contribution in [2.24, 2.45) is 7.05 Å². The van der Waals surface area contributed by atoms with E-state index in [9.17, 15) is 9.59 Å². The molecule has 0 radical (unpaired) electrons. The summed E-state index contributed by atoms with van der Waals surface area (Å²) in [6, 6.07) is 23.5. The van der Waals surface area contributed by atoms with Crippen LogP contribution in [-0.2, 0) is 7.05 Å². The van der Waals surface area contributed by atoms with Gasteiger partial charge < -0.3 is 8.98 Å². The van der Waals surface area contributed by atoms with Gasteiger partial charge in [-0.2, -0.15) is 0 Å². The summed E-state index contributed by atoms with van der Waals surface area (Å²) in [5, 5.41) is 1.89. The molecule has 4 heteroatoms. The zero-order valence-corrected chi connectivity index (χ0v) is 17.7. The lowest BCUT2D eigenvalue weighted by molar-refractivity contribution is 0.0990. The minimum atomic E-state index is -0.253. The maximum atomic E-state index is 13.0. The molecule has 0 aliphatic heterocycles. The number of carbonyl (C=O) groups excluding carboxylic acids is 2. The molecule has 0 N–H and O–H groups in total. The Morgan fingerprint density at radius 2 is 1.44 bits per heavy atom. The summed E-state index contributed by atoms with van der Waals surface area (Å²) >= 11 is 0. The molecule has 1 aliphatic rings. The molecule has 2 aromatic heterocycles. The van der Waals surface area contributed by atoms with E-state index >= 15 is 0 Å². The molecule has 0 unspecified atom stereocenters. The minimum Gasteiger partial charge on any atom is -0.455 e. The predicted molar refractivity (Wildman–Crippen MR) is 126 cm³/mol. The van der Waals surface area contributed by atoms with Gasteiger partial charge in [-0.25, -0.2) is 0 Å². The summed E-state index contributed by atoms with van der Waals surface area (Å²) in [5.41, 5.74) is 6.05. The molecular formula is C28H19NO3. The molecule has 0 fully saturated rings. The van der Waals surface area contributed by atoms with Crippen molar-refractivity contribution >= 4 is 39.5 Å². The highest BCUT2D eigenvalue weighted by atomic mass is 16.3. The van der Waals surface area contributed by atoms with Crippen LogP contribution in [0.1, 0.15) is 32.0 Å². The number of carbonyl (C=O) groups is 2. The standard InChI is InChI=1S/C28H19NO3/c1-16-7-9-17(10-8-16)24-15-26-25(29(24)2)14-20(32-26)13-23-27(30)21-11-18-5-3-4-6-19(18)12-22(21)28(23)31/h3-15H,1-2H3. The maximum absolute atomic E-state index is 13.0. The van der Waals surface area contributed by atoms with Crippen molar-refractivity contribution in [2.45, 2.75) is 6.92 Å². The molecule has 6 rings (SSSR count). The third-order valence-electron chi connectivity index (χ3n) is 6.25. The Balaban J connectivity index is 1.40. The van der Waals surface area contributed by atoms with Crippen LogP contribution in [0.3, 0.4) is 0 Å². The van der Waals surface area contributed by atoms with E-state index in [1.54, 1.807) is 18.2 Å². The van der Waals surface area contributed by atoms with Crippen molar-refractivity contribution in [3.05, 3.63) is 101 Å². The topological polar surface area (TPSA) is 52.2 Å². The van der Waals surface area contributed by atoms with Crippen LogP contribution in [0, 0.1) is 6.92 Å². The van der Waals surface area contributed by atoms with Gasteiger partial charge in [0.15, 0.2) is 17.1 Å². The number of allylic oxidation sites excluding steroid dienone is 1. The van der Waals surface area contributed by atoms with Gasteiger partial charge in [-0.3, -0.25) is 9.59 Å². The van der Waals surface area contributed by atoms with E-state index in [1.165, 1.54) is 5.56 Å². The first kappa shape index (κ1) is 18.6. The summed E-state index contributed by atoms with van der Waals surface area (Å²) in [6.07, 6.45) is 1.57. The molecule has 0 amide bonds. The Morgan fingerprint density at radius 3 is 2.03 bits per heavy atom. The lowest BCUT2D eigenvalue weighted by Gasteiger charge is -2.04. The van der Waals surface area contributed by atoms with Crippen LogP contribution in [-0.4, -0.2) is 16.1 Å². The molecule has 0 saturated carbocycles. The smallest absolute Gasteiger partial charge is 0.197 e. The van der Waals surface area contributed by atoms with Crippen molar-refractivity contribution in [1.82, 2.24) is 4.57 Å². The highest BCUT2D eigenvalue weighted by Gasteiger charge is 2.33. The van der Waals surface area contributed by atoms with Crippen molar-refractivity contribution in [2.75, 3.05) is 0 Å². The second kappa shape index (κ2) is 6.66. The second-order valence-corrected chi connectivity index (χ2v) is 8.31. The molecule has 3 aromatic carbocycles. The van der Waals surface area contributed by atoms with E-state index in [2.05, 4.69) is 35.8 Å². The minimum absolute atomic E-state index is 0.146. The second-order valence-electron chi connectivity index (χ2n) is 8.31. The Bertz CT molecular complexity index is 1550. The number of ketones is 2. The first-order valence-corrected chi connectivity index (χ1v) is 10.5. The van der Waals surface area contributed by atoms with Crippen molar-refractivity contribution in [1.29, 1.82) is 0 Å². The number of rotatable bonds is 2. The zero-order valence-electron chi connectivity index (χ0n) is 17.7. The van der Waals surface area contributed by atoms with Crippen LogP contribution in [0.25, 0.3) is 39.2 Å². The molecule has 32 heavy (non-hydrogen) atoms. The van der Waals surface area contributed by atoms with Gasteiger partial charge in [0, 0.05) is 30.3 Å². The normalized spacial score (nSPS) is 13.4. The fourth-order valence-electron chi connectivity index (χ4n) is 4.49. The Morgan fingerprint density at radius 1 is 0.812 bits per heavy atom. The van der Waals surface area contributed by atoms with E-state index in [-0.39, 0.29) is 17.1 Å². The molecule has 0 saturated heterocycles. The molecule has 4 nitrogen and oxygen atoms in total. The summed E-state index contributed by atoms with van der Waals surface area (Å²) in [4.78, 5) is 26.0. The van der Waals surface area contributed by atoms with E-state index < -0.39 is 0 Å². The maximum Gasteiger partial charge on any atom is 0.197 e. The van der Waals surface area contributed by atoms with Crippen LogP contribution in [0.5, 0.6) is 0 Å². The highest BCUT2D eigenvalue weighted by molar-refractivity contribution is 6.42. The lowest BCUT2D eigenvalue weighted by atomic mass is 10.0. The SMILES string of the molecule is Cc1ccc(-c2cc3oc(C=C4C(=O)c5cc6ccccc6cc5C4=O)cc3n2C)cc1. The largest absolute Gasteiger partial charge is 0.455 e. The average molecular weight is 417 g/mol. The molecule has 5 aromatic rings. The van der Waals surface area contributed by atoms with E-state index in [4.69, 9.17) is 4.42 Å². The molecule has 2 heterocycles. The van der Waals surface area contributed by atoms with Crippen molar-refractivity contribution in [3.8, 4) is 11.3 Å². The summed E-state index contributed by atoms with van der Waals surface area (Å²) < 4.78 is 8.07. The van der Waals surface area contributed by atoms with Gasteiger partial charge in [-0.1, -0.05) is 54.1 Å².